The molecule has 1 aromatic carbocycles. The van der Waals surface area contributed by atoms with Gasteiger partial charge < -0.3 is 14.1 Å². The molecule has 1 fully saturated rings. The van der Waals surface area contributed by atoms with Crippen molar-refractivity contribution in [1.82, 2.24) is 4.90 Å². The molecule has 2 heterocycles. The lowest BCUT2D eigenvalue weighted by molar-refractivity contribution is 0.150. The number of likely N-dealkylation sites (tertiary alicyclic amines) is 1. The van der Waals surface area contributed by atoms with Crippen LogP contribution in [0.3, 0.4) is 0 Å². The van der Waals surface area contributed by atoms with Gasteiger partial charge in [0.2, 0.25) is 0 Å². The number of nitrogens with zero attached hydrogens (tertiary/aromatic N) is 1. The van der Waals surface area contributed by atoms with Crippen LogP contribution in [0.15, 0.2) is 27.4 Å². The molecule has 0 aliphatic carbocycles. The van der Waals surface area contributed by atoms with Gasteiger partial charge in [-0.15, -0.1) is 0 Å². The third kappa shape index (κ3) is 3.02. The number of rotatable bonds is 3. The summed E-state index contributed by atoms with van der Waals surface area (Å²) in [5.41, 5.74) is 1.99. The van der Waals surface area contributed by atoms with Gasteiger partial charge in [0, 0.05) is 29.5 Å². The minimum absolute atomic E-state index is 0.268. The molecule has 1 aliphatic heterocycles. The van der Waals surface area contributed by atoms with E-state index in [9.17, 15) is 4.79 Å². The van der Waals surface area contributed by atoms with Crippen LogP contribution >= 0.6 is 0 Å². The number of fused-ring (bicyclic) bond motifs is 1. The predicted molar refractivity (Wildman–Crippen MR) is 87.7 cm³/mol. The Labute approximate surface area is 130 Å². The summed E-state index contributed by atoms with van der Waals surface area (Å²) >= 11 is 0. The van der Waals surface area contributed by atoms with Crippen LogP contribution in [-0.2, 0) is 0 Å². The Kier molecular flexibility index (Phi) is 4.21. The molecule has 0 N–H and O–H groups in total. The zero-order valence-electron chi connectivity index (χ0n) is 13.5. The van der Waals surface area contributed by atoms with Crippen LogP contribution in [0, 0.1) is 19.8 Å². The normalized spacial score (nSPS) is 19.5. The maximum absolute atomic E-state index is 11.8. The monoisotopic (exact) mass is 301 g/mol. The Morgan fingerprint density at radius 1 is 1.32 bits per heavy atom. The number of ether oxygens (including phenoxy) is 1. The van der Waals surface area contributed by atoms with Crippen LogP contribution < -0.4 is 10.4 Å². The highest BCUT2D eigenvalue weighted by molar-refractivity contribution is 5.82. The van der Waals surface area contributed by atoms with Gasteiger partial charge in [0.05, 0.1) is 6.61 Å². The van der Waals surface area contributed by atoms with E-state index in [1.807, 2.05) is 25.1 Å². The second-order valence-corrected chi connectivity index (χ2v) is 6.38. The minimum atomic E-state index is -0.268. The van der Waals surface area contributed by atoms with Gasteiger partial charge >= 0.3 is 5.63 Å². The van der Waals surface area contributed by atoms with E-state index >= 15 is 0 Å². The van der Waals surface area contributed by atoms with Crippen molar-refractivity contribution in [3.05, 3.63) is 39.7 Å². The molecule has 4 heteroatoms. The average Bonchev–Trinajstić information content (AvgIpc) is 2.50. The van der Waals surface area contributed by atoms with Gasteiger partial charge in [-0.3, -0.25) is 0 Å². The first kappa shape index (κ1) is 15.1. The molecule has 3 rings (SSSR count). The number of aryl methyl sites for hydroxylation is 1. The number of piperidine rings is 1. The zero-order valence-corrected chi connectivity index (χ0v) is 13.5. The van der Waals surface area contributed by atoms with Gasteiger partial charge in [-0.1, -0.05) is 0 Å². The van der Waals surface area contributed by atoms with E-state index < -0.39 is 0 Å². The molecule has 1 unspecified atom stereocenters. The molecule has 118 valence electrons. The van der Waals surface area contributed by atoms with Crippen LogP contribution in [0.4, 0.5) is 0 Å². The van der Waals surface area contributed by atoms with Crippen molar-refractivity contribution in [2.45, 2.75) is 26.7 Å². The first-order valence-electron chi connectivity index (χ1n) is 7.90. The molecular formula is C18H23NO3. The van der Waals surface area contributed by atoms with E-state index in [4.69, 9.17) is 9.15 Å². The van der Waals surface area contributed by atoms with Crippen LogP contribution in [0.5, 0.6) is 5.75 Å². The fourth-order valence-electron chi connectivity index (χ4n) is 3.14. The average molecular weight is 301 g/mol. The van der Waals surface area contributed by atoms with E-state index in [0.29, 0.717) is 23.7 Å². The molecule has 0 radical (unpaired) electrons. The quantitative estimate of drug-likeness (QED) is 0.817. The maximum atomic E-state index is 11.8. The van der Waals surface area contributed by atoms with Gasteiger partial charge in [0.15, 0.2) is 0 Å². The molecule has 22 heavy (non-hydrogen) atoms. The summed E-state index contributed by atoms with van der Waals surface area (Å²) < 4.78 is 11.3. The summed E-state index contributed by atoms with van der Waals surface area (Å²) in [5.74, 6) is 1.34. The molecule has 0 spiro atoms. The van der Waals surface area contributed by atoms with Crippen LogP contribution in [0.1, 0.15) is 24.0 Å². The topological polar surface area (TPSA) is 42.7 Å². The van der Waals surface area contributed by atoms with Crippen LogP contribution in [0.2, 0.25) is 0 Å². The van der Waals surface area contributed by atoms with Crippen LogP contribution in [0.25, 0.3) is 11.0 Å². The highest BCUT2D eigenvalue weighted by Gasteiger charge is 2.18. The van der Waals surface area contributed by atoms with Crippen molar-refractivity contribution >= 4 is 11.0 Å². The molecule has 1 aliphatic rings. The fourth-order valence-corrected chi connectivity index (χ4v) is 3.14. The van der Waals surface area contributed by atoms with Crippen molar-refractivity contribution < 1.29 is 9.15 Å². The van der Waals surface area contributed by atoms with Gasteiger partial charge in [-0.05, 0) is 58.0 Å². The molecule has 0 saturated carbocycles. The molecule has 4 nitrogen and oxygen atoms in total. The van der Waals surface area contributed by atoms with Crippen molar-refractivity contribution in [3.8, 4) is 5.75 Å². The SMILES string of the molecule is Cc1c(C)c2ccc(OCC3CCCN(C)C3)cc2oc1=O. The van der Waals surface area contributed by atoms with E-state index in [-0.39, 0.29) is 5.63 Å². The number of hydrogen-bond donors (Lipinski definition) is 0. The summed E-state index contributed by atoms with van der Waals surface area (Å²) in [6.45, 7) is 6.72. The van der Waals surface area contributed by atoms with Crippen molar-refractivity contribution in [2.75, 3.05) is 26.7 Å². The second-order valence-electron chi connectivity index (χ2n) is 6.38. The van der Waals surface area contributed by atoms with Crippen molar-refractivity contribution in [2.24, 2.45) is 5.92 Å². The molecule has 0 amide bonds. The first-order chi connectivity index (χ1) is 10.5. The lowest BCUT2D eigenvalue weighted by atomic mass is 9.99. The van der Waals surface area contributed by atoms with E-state index in [1.165, 1.54) is 19.4 Å². The maximum Gasteiger partial charge on any atom is 0.339 e. The number of benzene rings is 1. The molecule has 2 aromatic rings. The molecule has 1 saturated heterocycles. The first-order valence-corrected chi connectivity index (χ1v) is 7.90. The summed E-state index contributed by atoms with van der Waals surface area (Å²) in [6, 6.07) is 5.76. The Balaban J connectivity index is 1.77. The molecular weight excluding hydrogens is 278 g/mol. The lowest BCUT2D eigenvalue weighted by Crippen LogP contribution is -2.34. The largest absolute Gasteiger partial charge is 0.493 e. The lowest BCUT2D eigenvalue weighted by Gasteiger charge is -2.29. The third-order valence-corrected chi connectivity index (χ3v) is 4.64. The highest BCUT2D eigenvalue weighted by atomic mass is 16.5. The predicted octanol–water partition coefficient (Wildman–Crippen LogP) is 3.13. The summed E-state index contributed by atoms with van der Waals surface area (Å²) in [4.78, 5) is 14.1. The molecule has 1 aromatic heterocycles. The summed E-state index contributed by atoms with van der Waals surface area (Å²) in [7, 11) is 2.15. The van der Waals surface area contributed by atoms with Crippen LogP contribution in [-0.4, -0.2) is 31.6 Å². The van der Waals surface area contributed by atoms with Crippen molar-refractivity contribution in [3.63, 3.8) is 0 Å². The van der Waals surface area contributed by atoms with Crippen molar-refractivity contribution in [1.29, 1.82) is 0 Å². The zero-order chi connectivity index (χ0) is 15.7. The Morgan fingerprint density at radius 2 is 2.14 bits per heavy atom. The minimum Gasteiger partial charge on any atom is -0.493 e. The third-order valence-electron chi connectivity index (χ3n) is 4.64. The van der Waals surface area contributed by atoms with Gasteiger partial charge in [-0.2, -0.15) is 0 Å². The summed E-state index contributed by atoms with van der Waals surface area (Å²) in [6.07, 6.45) is 2.45. The Morgan fingerprint density at radius 3 is 2.91 bits per heavy atom. The van der Waals surface area contributed by atoms with E-state index in [1.54, 1.807) is 6.92 Å². The summed E-state index contributed by atoms with van der Waals surface area (Å²) in [5, 5.41) is 0.974. The Bertz CT molecular complexity index is 735. The van der Waals surface area contributed by atoms with Gasteiger partial charge in [-0.25, -0.2) is 4.79 Å². The molecule has 1 atom stereocenters. The van der Waals surface area contributed by atoms with E-state index in [0.717, 1.165) is 23.2 Å². The van der Waals surface area contributed by atoms with Gasteiger partial charge in [0.25, 0.3) is 0 Å². The van der Waals surface area contributed by atoms with Gasteiger partial charge in [0.1, 0.15) is 11.3 Å². The second kappa shape index (κ2) is 6.13. The van der Waals surface area contributed by atoms with E-state index in [2.05, 4.69) is 11.9 Å². The fraction of sp³-hybridized carbons (Fsp3) is 0.500. The molecule has 0 bridgehead atoms. The standard InChI is InChI=1S/C18H23NO3/c1-12-13(2)18(20)22-17-9-15(6-7-16(12)17)21-11-14-5-4-8-19(3)10-14/h6-7,9,14H,4-5,8,10-11H2,1-3H3. The number of hydrogen-bond acceptors (Lipinski definition) is 4. The Hall–Kier alpha value is -1.81. The highest BCUT2D eigenvalue weighted by Crippen LogP contribution is 2.25. The smallest absolute Gasteiger partial charge is 0.339 e.